The van der Waals surface area contributed by atoms with Gasteiger partial charge < -0.3 is 5.32 Å². The molecule has 0 saturated carbocycles. The first kappa shape index (κ1) is 16.7. The van der Waals surface area contributed by atoms with Gasteiger partial charge in [-0.25, -0.2) is 14.9 Å². The van der Waals surface area contributed by atoms with Crippen molar-refractivity contribution in [2.75, 3.05) is 0 Å². The highest BCUT2D eigenvalue weighted by Crippen LogP contribution is 2.23. The number of nitrogens with zero attached hydrogens (tertiary/aromatic N) is 3. The van der Waals surface area contributed by atoms with E-state index in [4.69, 9.17) is 0 Å². The van der Waals surface area contributed by atoms with Gasteiger partial charge in [0.15, 0.2) is 0 Å². The van der Waals surface area contributed by atoms with Crippen molar-refractivity contribution in [2.45, 2.75) is 38.3 Å². The van der Waals surface area contributed by atoms with Crippen molar-refractivity contribution in [1.82, 2.24) is 25.1 Å². The largest absolute Gasteiger partial charge is 0.353 e. The third-order valence-electron chi connectivity index (χ3n) is 4.53. The molecule has 1 aliphatic heterocycles. The summed E-state index contributed by atoms with van der Waals surface area (Å²) in [5, 5.41) is 12.4. The fourth-order valence-electron chi connectivity index (χ4n) is 3.19. The Hall–Kier alpha value is -2.74. The Balaban J connectivity index is 1.35. The summed E-state index contributed by atoms with van der Waals surface area (Å²) in [5.41, 5.74) is 1.67. The lowest BCUT2D eigenvalue weighted by molar-refractivity contribution is -0.121. The molecule has 2 aromatic heterocycles. The molecule has 3 aromatic rings. The third kappa shape index (κ3) is 3.60. The number of hydrogen-bond acceptors (Lipinski definition) is 5. The molecule has 0 spiro atoms. The molecule has 134 valence electrons. The van der Waals surface area contributed by atoms with Crippen LogP contribution in [0.25, 0.3) is 10.6 Å². The molecule has 0 radical (unpaired) electrons. The van der Waals surface area contributed by atoms with E-state index in [1.165, 1.54) is 0 Å². The smallest absolute Gasteiger partial charge is 0.343 e. The summed E-state index contributed by atoms with van der Waals surface area (Å²) in [4.78, 5) is 28.6. The van der Waals surface area contributed by atoms with E-state index in [2.05, 4.69) is 20.5 Å². The van der Waals surface area contributed by atoms with E-state index in [9.17, 15) is 9.59 Å². The predicted molar refractivity (Wildman–Crippen MR) is 99.0 cm³/mol. The first-order valence-corrected chi connectivity index (χ1v) is 9.50. The van der Waals surface area contributed by atoms with Gasteiger partial charge in [-0.3, -0.25) is 9.36 Å². The van der Waals surface area contributed by atoms with Crippen LogP contribution >= 0.6 is 11.3 Å². The Kier molecular flexibility index (Phi) is 4.66. The Morgan fingerprint density at radius 2 is 2.15 bits per heavy atom. The number of hydrogen-bond donors (Lipinski definition) is 2. The van der Waals surface area contributed by atoms with E-state index in [1.54, 1.807) is 15.9 Å². The molecule has 2 N–H and O–H groups in total. The fourth-order valence-corrected chi connectivity index (χ4v) is 4.02. The number of benzene rings is 1. The third-order valence-corrected chi connectivity index (χ3v) is 5.47. The number of H-pyrrole nitrogens is 1. The van der Waals surface area contributed by atoms with Crippen LogP contribution < -0.4 is 11.0 Å². The lowest BCUT2D eigenvalue weighted by Gasteiger charge is -2.15. The number of aryl methyl sites for hydroxylation is 1. The Bertz CT molecular complexity index is 959. The highest BCUT2D eigenvalue weighted by molar-refractivity contribution is 7.13. The quantitative estimate of drug-likeness (QED) is 0.733. The Morgan fingerprint density at radius 1 is 1.31 bits per heavy atom. The summed E-state index contributed by atoms with van der Waals surface area (Å²) in [6, 6.07) is 10.0. The monoisotopic (exact) mass is 369 g/mol. The first-order chi connectivity index (χ1) is 12.7. The Morgan fingerprint density at radius 3 is 3.00 bits per heavy atom. The van der Waals surface area contributed by atoms with Crippen LogP contribution in [0.15, 0.2) is 40.5 Å². The summed E-state index contributed by atoms with van der Waals surface area (Å²) in [6.45, 7) is 0.574. The van der Waals surface area contributed by atoms with E-state index in [-0.39, 0.29) is 24.1 Å². The van der Waals surface area contributed by atoms with Gasteiger partial charge in [-0.2, -0.15) is 5.10 Å². The van der Waals surface area contributed by atoms with Gasteiger partial charge in [-0.05, 0) is 12.8 Å². The highest BCUT2D eigenvalue weighted by Gasteiger charge is 2.20. The molecule has 1 aromatic carbocycles. The van der Waals surface area contributed by atoms with Gasteiger partial charge in [0.25, 0.3) is 0 Å². The zero-order valence-corrected chi connectivity index (χ0v) is 15.0. The van der Waals surface area contributed by atoms with Gasteiger partial charge >= 0.3 is 5.69 Å². The maximum Gasteiger partial charge on any atom is 0.343 e. The second-order valence-corrected chi connectivity index (χ2v) is 7.23. The van der Waals surface area contributed by atoms with Crippen LogP contribution in [0.1, 0.15) is 24.4 Å². The van der Waals surface area contributed by atoms with Crippen LogP contribution in [0.2, 0.25) is 0 Å². The molecule has 0 aliphatic carbocycles. The van der Waals surface area contributed by atoms with Crippen molar-refractivity contribution in [3.63, 3.8) is 0 Å². The Labute approximate surface area is 154 Å². The second-order valence-electron chi connectivity index (χ2n) is 6.38. The van der Waals surface area contributed by atoms with Crippen molar-refractivity contribution in [3.8, 4) is 10.6 Å². The molecule has 7 nitrogen and oxygen atoms in total. The lowest BCUT2D eigenvalue weighted by Crippen LogP contribution is -2.36. The summed E-state index contributed by atoms with van der Waals surface area (Å²) in [6.07, 6.45) is 2.45. The van der Waals surface area contributed by atoms with Crippen molar-refractivity contribution >= 4 is 17.2 Å². The minimum Gasteiger partial charge on any atom is -0.353 e. The van der Waals surface area contributed by atoms with Gasteiger partial charge in [0.1, 0.15) is 10.8 Å². The average molecular weight is 369 g/mol. The van der Waals surface area contributed by atoms with E-state index >= 15 is 0 Å². The maximum absolute atomic E-state index is 12.4. The van der Waals surface area contributed by atoms with Crippen LogP contribution in [0.3, 0.4) is 0 Å². The average Bonchev–Trinajstić information content (AvgIpc) is 3.19. The number of rotatable bonds is 4. The molecule has 0 saturated heterocycles. The van der Waals surface area contributed by atoms with E-state index in [1.807, 2.05) is 35.7 Å². The van der Waals surface area contributed by atoms with Crippen LogP contribution in [0.4, 0.5) is 0 Å². The van der Waals surface area contributed by atoms with Crippen molar-refractivity contribution in [3.05, 3.63) is 57.7 Å². The lowest BCUT2D eigenvalue weighted by atomic mass is 10.1. The molecule has 1 atom stereocenters. The maximum atomic E-state index is 12.4. The fraction of sp³-hybridized carbons (Fsp3) is 0.333. The molecule has 0 bridgehead atoms. The highest BCUT2D eigenvalue weighted by atomic mass is 32.1. The zero-order chi connectivity index (χ0) is 17.9. The summed E-state index contributed by atoms with van der Waals surface area (Å²) in [7, 11) is 0. The van der Waals surface area contributed by atoms with Crippen molar-refractivity contribution in [2.24, 2.45) is 0 Å². The standard InChI is InChI=1S/C18H19N5O2S/c24-16(10-14-11-26-17(20-14)12-4-2-1-3-5-12)19-13-6-7-15-21-22-18(25)23(15)9-8-13/h1-5,11,13H,6-10H2,(H,19,24)(H,22,25). The molecule has 8 heteroatoms. The SMILES string of the molecule is O=C(Cc1csc(-c2ccccc2)n1)NC1CCc2n[nH]c(=O)n2CC1. The van der Waals surface area contributed by atoms with Gasteiger partial charge in [0, 0.05) is 30.0 Å². The van der Waals surface area contributed by atoms with Crippen molar-refractivity contribution < 1.29 is 4.79 Å². The minimum atomic E-state index is -0.178. The minimum absolute atomic E-state index is 0.0339. The van der Waals surface area contributed by atoms with Crippen LogP contribution in [0, 0.1) is 0 Å². The van der Waals surface area contributed by atoms with Crippen LogP contribution in [0.5, 0.6) is 0 Å². The molecular weight excluding hydrogens is 350 g/mol. The summed E-state index contributed by atoms with van der Waals surface area (Å²) >= 11 is 1.55. The van der Waals surface area contributed by atoms with E-state index in [0.717, 1.165) is 34.9 Å². The van der Waals surface area contributed by atoms with E-state index in [0.29, 0.717) is 13.0 Å². The number of aromatic nitrogens is 4. The van der Waals surface area contributed by atoms with Crippen molar-refractivity contribution in [1.29, 1.82) is 0 Å². The molecule has 0 fully saturated rings. The molecular formula is C18H19N5O2S. The molecule has 1 amide bonds. The summed E-state index contributed by atoms with van der Waals surface area (Å²) < 4.78 is 1.65. The number of fused-ring (bicyclic) bond motifs is 1. The molecule has 1 aliphatic rings. The van der Waals surface area contributed by atoms with Gasteiger partial charge in [-0.15, -0.1) is 11.3 Å². The number of amides is 1. The summed E-state index contributed by atoms with van der Waals surface area (Å²) in [5.74, 6) is 0.729. The molecule has 4 rings (SSSR count). The van der Waals surface area contributed by atoms with E-state index < -0.39 is 0 Å². The normalized spacial score (nSPS) is 16.7. The topological polar surface area (TPSA) is 92.7 Å². The number of nitrogens with one attached hydrogen (secondary N) is 2. The number of aromatic amines is 1. The van der Waals surface area contributed by atoms with Gasteiger partial charge in [-0.1, -0.05) is 30.3 Å². The van der Waals surface area contributed by atoms with Crippen LogP contribution in [-0.2, 0) is 24.2 Å². The number of carbonyl (C=O) groups is 1. The van der Waals surface area contributed by atoms with Gasteiger partial charge in [0.2, 0.25) is 5.91 Å². The molecule has 3 heterocycles. The number of carbonyl (C=O) groups excluding carboxylic acids is 1. The predicted octanol–water partition coefficient (Wildman–Crippen LogP) is 1.76. The zero-order valence-electron chi connectivity index (χ0n) is 14.1. The van der Waals surface area contributed by atoms with Gasteiger partial charge in [0.05, 0.1) is 12.1 Å². The van der Waals surface area contributed by atoms with Crippen LogP contribution in [-0.4, -0.2) is 31.7 Å². The molecule has 1 unspecified atom stereocenters. The number of thiazole rings is 1. The second kappa shape index (κ2) is 7.25. The first-order valence-electron chi connectivity index (χ1n) is 8.62. The molecule has 26 heavy (non-hydrogen) atoms.